The molecule has 1 unspecified atom stereocenters. The molecular weight excluding hydrogens is 340 g/mol. The van der Waals surface area contributed by atoms with Crippen molar-refractivity contribution in [3.63, 3.8) is 0 Å². The van der Waals surface area contributed by atoms with Gasteiger partial charge in [-0.2, -0.15) is 0 Å². The third kappa shape index (κ3) is 3.84. The minimum Gasteiger partial charge on any atom is -0.342 e. The van der Waals surface area contributed by atoms with E-state index in [1.165, 1.54) is 18.2 Å². The molecule has 1 saturated heterocycles. The highest BCUT2D eigenvalue weighted by Gasteiger charge is 2.38. The number of hydrogen-bond donors (Lipinski definition) is 1. The van der Waals surface area contributed by atoms with Crippen LogP contribution in [0.25, 0.3) is 0 Å². The minimum absolute atomic E-state index is 0.0591. The van der Waals surface area contributed by atoms with Gasteiger partial charge in [0.25, 0.3) is 10.0 Å². The van der Waals surface area contributed by atoms with Crippen molar-refractivity contribution in [1.82, 2.24) is 9.62 Å². The van der Waals surface area contributed by atoms with Gasteiger partial charge >= 0.3 is 0 Å². The summed E-state index contributed by atoms with van der Waals surface area (Å²) in [6.45, 7) is 0.954. The van der Waals surface area contributed by atoms with Crippen LogP contribution in [-0.2, 0) is 19.6 Å². The Morgan fingerprint density at radius 1 is 1.35 bits per heavy atom. The van der Waals surface area contributed by atoms with Crippen LogP contribution in [0.5, 0.6) is 0 Å². The number of likely N-dealkylation sites (tertiary alicyclic amines) is 1. The molecule has 2 aliphatic rings. The Balaban J connectivity index is 1.65. The van der Waals surface area contributed by atoms with Crippen molar-refractivity contribution < 1.29 is 18.0 Å². The van der Waals surface area contributed by atoms with E-state index in [-0.39, 0.29) is 28.8 Å². The standard InChI is InChI=1S/C15H17ClN2O4S/c16-12-2-1-3-13(7-12)23(21,22)17-15(20)11-6-14(19)18(9-11)8-10-4-5-10/h1-3,7,10-11H,4-6,8-9H2,(H,17,20). The van der Waals surface area contributed by atoms with Crippen LogP contribution >= 0.6 is 11.6 Å². The largest absolute Gasteiger partial charge is 0.342 e. The van der Waals surface area contributed by atoms with Crippen LogP contribution in [0.15, 0.2) is 29.2 Å². The van der Waals surface area contributed by atoms with E-state index >= 15 is 0 Å². The molecule has 6 nitrogen and oxygen atoms in total. The molecule has 2 amide bonds. The normalized spacial score (nSPS) is 21.5. The summed E-state index contributed by atoms with van der Waals surface area (Å²) < 4.78 is 26.5. The van der Waals surface area contributed by atoms with Gasteiger partial charge in [-0.15, -0.1) is 0 Å². The van der Waals surface area contributed by atoms with Crippen molar-refractivity contribution >= 4 is 33.4 Å². The van der Waals surface area contributed by atoms with Crippen LogP contribution in [0.2, 0.25) is 5.02 Å². The lowest BCUT2D eigenvalue weighted by Gasteiger charge is -2.16. The van der Waals surface area contributed by atoms with Crippen molar-refractivity contribution in [3.8, 4) is 0 Å². The smallest absolute Gasteiger partial charge is 0.264 e. The average Bonchev–Trinajstić information content (AvgIpc) is 3.21. The Morgan fingerprint density at radius 2 is 2.09 bits per heavy atom. The van der Waals surface area contributed by atoms with Crippen LogP contribution in [0.4, 0.5) is 0 Å². The van der Waals surface area contributed by atoms with Gasteiger partial charge in [0.2, 0.25) is 11.8 Å². The number of nitrogens with zero attached hydrogens (tertiary/aromatic N) is 1. The molecule has 0 aromatic heterocycles. The number of sulfonamides is 1. The highest BCUT2D eigenvalue weighted by atomic mass is 35.5. The van der Waals surface area contributed by atoms with Crippen LogP contribution < -0.4 is 4.72 Å². The molecule has 2 fully saturated rings. The van der Waals surface area contributed by atoms with Gasteiger partial charge in [-0.3, -0.25) is 9.59 Å². The van der Waals surface area contributed by atoms with E-state index in [1.54, 1.807) is 11.0 Å². The minimum atomic E-state index is -3.98. The molecule has 0 radical (unpaired) electrons. The number of rotatable bonds is 5. The lowest BCUT2D eigenvalue weighted by atomic mass is 10.1. The molecule has 3 rings (SSSR count). The predicted octanol–water partition coefficient (Wildman–Crippen LogP) is 1.40. The number of halogens is 1. The van der Waals surface area contributed by atoms with Gasteiger partial charge in [0.15, 0.2) is 0 Å². The Morgan fingerprint density at radius 3 is 2.74 bits per heavy atom. The number of carbonyl (C=O) groups excluding carboxylic acids is 2. The molecule has 1 atom stereocenters. The Hall–Kier alpha value is -1.60. The SMILES string of the molecule is O=C(NS(=O)(=O)c1cccc(Cl)c1)C1CC(=O)N(CC2CC2)C1. The molecule has 0 spiro atoms. The predicted molar refractivity (Wildman–Crippen MR) is 84.2 cm³/mol. The van der Waals surface area contributed by atoms with E-state index in [1.807, 2.05) is 4.72 Å². The molecule has 8 heteroatoms. The van der Waals surface area contributed by atoms with E-state index in [4.69, 9.17) is 11.6 Å². The van der Waals surface area contributed by atoms with Crippen LogP contribution in [-0.4, -0.2) is 38.2 Å². The third-order valence-corrected chi connectivity index (χ3v) is 5.68. The summed E-state index contributed by atoms with van der Waals surface area (Å²) in [7, 11) is -3.98. The van der Waals surface area contributed by atoms with Crippen molar-refractivity contribution in [1.29, 1.82) is 0 Å². The van der Waals surface area contributed by atoms with Crippen molar-refractivity contribution in [2.75, 3.05) is 13.1 Å². The summed E-state index contributed by atoms with van der Waals surface area (Å²) in [5.74, 6) is -0.819. The van der Waals surface area contributed by atoms with Gasteiger partial charge in [-0.05, 0) is 37.0 Å². The molecule has 1 aromatic carbocycles. The molecule has 0 bridgehead atoms. The monoisotopic (exact) mass is 356 g/mol. The summed E-state index contributed by atoms with van der Waals surface area (Å²) in [4.78, 5) is 25.7. The zero-order chi connectivity index (χ0) is 16.6. The summed E-state index contributed by atoms with van der Waals surface area (Å²) in [5, 5.41) is 0.270. The maximum Gasteiger partial charge on any atom is 0.264 e. The van der Waals surface area contributed by atoms with Gasteiger partial charge < -0.3 is 4.90 Å². The van der Waals surface area contributed by atoms with Crippen molar-refractivity contribution in [3.05, 3.63) is 29.3 Å². The molecule has 124 valence electrons. The number of nitrogens with one attached hydrogen (secondary N) is 1. The molecule has 1 aromatic rings. The van der Waals surface area contributed by atoms with E-state index in [0.29, 0.717) is 12.5 Å². The average molecular weight is 357 g/mol. The van der Waals surface area contributed by atoms with Gasteiger partial charge in [-0.1, -0.05) is 17.7 Å². The second-order valence-corrected chi connectivity index (χ2v) is 8.19. The lowest BCUT2D eigenvalue weighted by molar-refractivity contribution is -0.128. The Kier molecular flexibility index (Phi) is 4.33. The lowest BCUT2D eigenvalue weighted by Crippen LogP contribution is -2.37. The summed E-state index contributed by atoms with van der Waals surface area (Å²) in [5.41, 5.74) is 0. The second-order valence-electron chi connectivity index (χ2n) is 6.07. The Bertz CT molecular complexity index is 746. The fourth-order valence-corrected chi connectivity index (χ4v) is 3.99. The van der Waals surface area contributed by atoms with Crippen LogP contribution in [0.3, 0.4) is 0 Å². The van der Waals surface area contributed by atoms with Gasteiger partial charge in [-0.25, -0.2) is 13.1 Å². The first-order chi connectivity index (χ1) is 10.8. The maximum absolute atomic E-state index is 12.2. The van der Waals surface area contributed by atoms with Crippen molar-refractivity contribution in [2.24, 2.45) is 11.8 Å². The zero-order valence-electron chi connectivity index (χ0n) is 12.4. The molecular formula is C15H17ClN2O4S. The highest BCUT2D eigenvalue weighted by molar-refractivity contribution is 7.90. The van der Waals surface area contributed by atoms with Gasteiger partial charge in [0, 0.05) is 24.5 Å². The summed E-state index contributed by atoms with van der Waals surface area (Å²) >= 11 is 5.78. The fraction of sp³-hybridized carbons (Fsp3) is 0.467. The molecule has 23 heavy (non-hydrogen) atoms. The number of amides is 2. The molecule has 1 N–H and O–H groups in total. The number of benzene rings is 1. The first-order valence-electron chi connectivity index (χ1n) is 7.45. The topological polar surface area (TPSA) is 83.5 Å². The van der Waals surface area contributed by atoms with Gasteiger partial charge in [0.1, 0.15) is 0 Å². The molecule has 1 aliphatic carbocycles. The van der Waals surface area contributed by atoms with Crippen LogP contribution in [0, 0.1) is 11.8 Å². The third-order valence-electron chi connectivity index (χ3n) is 4.10. The fourth-order valence-electron chi connectivity index (χ4n) is 2.65. The summed E-state index contributed by atoms with van der Waals surface area (Å²) in [6.07, 6.45) is 2.29. The highest BCUT2D eigenvalue weighted by Crippen LogP contribution is 2.32. The van der Waals surface area contributed by atoms with E-state index in [0.717, 1.165) is 12.8 Å². The van der Waals surface area contributed by atoms with E-state index in [9.17, 15) is 18.0 Å². The van der Waals surface area contributed by atoms with Crippen LogP contribution in [0.1, 0.15) is 19.3 Å². The second kappa shape index (κ2) is 6.13. The number of hydrogen-bond acceptors (Lipinski definition) is 4. The van der Waals surface area contributed by atoms with Gasteiger partial charge in [0.05, 0.1) is 10.8 Å². The first-order valence-corrected chi connectivity index (χ1v) is 9.31. The summed E-state index contributed by atoms with van der Waals surface area (Å²) in [6, 6.07) is 5.68. The maximum atomic E-state index is 12.2. The zero-order valence-corrected chi connectivity index (χ0v) is 13.9. The molecule has 1 saturated carbocycles. The quantitative estimate of drug-likeness (QED) is 0.864. The van der Waals surface area contributed by atoms with E-state index in [2.05, 4.69) is 0 Å². The molecule has 1 heterocycles. The molecule has 1 aliphatic heterocycles. The number of carbonyl (C=O) groups is 2. The first kappa shape index (κ1) is 16.3. The van der Waals surface area contributed by atoms with Crippen molar-refractivity contribution in [2.45, 2.75) is 24.2 Å². The Labute approximate surface area is 139 Å². The van der Waals surface area contributed by atoms with E-state index < -0.39 is 21.8 Å².